The number of rotatable bonds is 3. The zero-order chi connectivity index (χ0) is 9.97. The number of benzene rings is 1. The van der Waals surface area contributed by atoms with E-state index in [0.29, 0.717) is 6.42 Å². The van der Waals surface area contributed by atoms with Gasteiger partial charge in [0.25, 0.3) is 0 Å². The van der Waals surface area contributed by atoms with Gasteiger partial charge in [-0.1, -0.05) is 18.2 Å². The third kappa shape index (κ3) is 1.61. The molecule has 1 aliphatic heterocycles. The van der Waals surface area contributed by atoms with Crippen molar-refractivity contribution in [1.29, 1.82) is 0 Å². The Morgan fingerprint density at radius 3 is 3.14 bits per heavy atom. The number of hydrogen-bond acceptors (Lipinski definition) is 3. The Balaban J connectivity index is 2.29. The van der Waals surface area contributed by atoms with Gasteiger partial charge in [0.05, 0.1) is 0 Å². The lowest BCUT2D eigenvalue weighted by atomic mass is 10.00. The van der Waals surface area contributed by atoms with Crippen LogP contribution >= 0.6 is 0 Å². The monoisotopic (exact) mass is 192 g/mol. The summed E-state index contributed by atoms with van der Waals surface area (Å²) in [7, 11) is 0. The number of hydrogen-bond donors (Lipinski definition) is 3. The van der Waals surface area contributed by atoms with Gasteiger partial charge in [0.1, 0.15) is 0 Å². The minimum Gasteiger partial charge on any atom is -0.396 e. The van der Waals surface area contributed by atoms with Crippen molar-refractivity contribution in [3.8, 4) is 0 Å². The highest BCUT2D eigenvalue weighted by Crippen LogP contribution is 2.30. The second kappa shape index (κ2) is 3.98. The average Bonchev–Trinajstić information content (AvgIpc) is 2.65. The minimum absolute atomic E-state index is 0.0550. The van der Waals surface area contributed by atoms with E-state index >= 15 is 0 Å². The highest BCUT2D eigenvalue weighted by molar-refractivity contribution is 5.62. The van der Waals surface area contributed by atoms with E-state index in [1.165, 1.54) is 11.3 Å². The number of para-hydroxylation sites is 1. The van der Waals surface area contributed by atoms with Crippen LogP contribution < -0.4 is 11.1 Å². The van der Waals surface area contributed by atoms with Gasteiger partial charge in [0.15, 0.2) is 0 Å². The van der Waals surface area contributed by atoms with Crippen LogP contribution in [0.4, 0.5) is 5.69 Å². The fourth-order valence-corrected chi connectivity index (χ4v) is 1.97. The van der Waals surface area contributed by atoms with Gasteiger partial charge < -0.3 is 16.2 Å². The SMILES string of the molecule is N[C@H](CCO)c1cccc2c1NCC2. The van der Waals surface area contributed by atoms with Crippen LogP contribution in [-0.4, -0.2) is 18.3 Å². The first-order valence-electron chi connectivity index (χ1n) is 5.05. The van der Waals surface area contributed by atoms with Gasteiger partial charge in [-0.3, -0.25) is 0 Å². The summed E-state index contributed by atoms with van der Waals surface area (Å²) >= 11 is 0. The van der Waals surface area contributed by atoms with Crippen LogP contribution in [0.15, 0.2) is 18.2 Å². The van der Waals surface area contributed by atoms with Crippen molar-refractivity contribution in [1.82, 2.24) is 0 Å². The minimum atomic E-state index is -0.0550. The van der Waals surface area contributed by atoms with E-state index in [1.807, 2.05) is 12.1 Å². The predicted octanol–water partition coefficient (Wildman–Crippen LogP) is 1.04. The molecule has 3 heteroatoms. The Labute approximate surface area is 83.9 Å². The molecule has 0 fully saturated rings. The largest absolute Gasteiger partial charge is 0.396 e. The molecule has 0 spiro atoms. The second-order valence-corrected chi connectivity index (χ2v) is 3.68. The van der Waals surface area contributed by atoms with Gasteiger partial charge in [0.2, 0.25) is 0 Å². The number of anilines is 1. The summed E-state index contributed by atoms with van der Waals surface area (Å²) in [6, 6.07) is 6.15. The van der Waals surface area contributed by atoms with E-state index in [2.05, 4.69) is 11.4 Å². The molecule has 3 nitrogen and oxygen atoms in total. The highest BCUT2D eigenvalue weighted by Gasteiger charge is 2.17. The van der Waals surface area contributed by atoms with Crippen molar-refractivity contribution in [2.24, 2.45) is 5.73 Å². The van der Waals surface area contributed by atoms with Gasteiger partial charge in [-0.05, 0) is 24.0 Å². The number of aliphatic hydroxyl groups excluding tert-OH is 1. The molecule has 14 heavy (non-hydrogen) atoms. The number of nitrogens with two attached hydrogens (primary N) is 1. The smallest absolute Gasteiger partial charge is 0.0449 e. The average molecular weight is 192 g/mol. The maximum absolute atomic E-state index is 8.85. The van der Waals surface area contributed by atoms with E-state index in [9.17, 15) is 0 Å². The first-order chi connectivity index (χ1) is 6.83. The van der Waals surface area contributed by atoms with Crippen LogP contribution in [0, 0.1) is 0 Å². The molecule has 0 aliphatic carbocycles. The molecule has 0 unspecified atom stereocenters. The quantitative estimate of drug-likeness (QED) is 0.670. The van der Waals surface area contributed by atoms with E-state index in [4.69, 9.17) is 10.8 Å². The fourth-order valence-electron chi connectivity index (χ4n) is 1.97. The zero-order valence-electron chi connectivity index (χ0n) is 8.16. The Hall–Kier alpha value is -1.06. The van der Waals surface area contributed by atoms with Crippen molar-refractivity contribution >= 4 is 5.69 Å². The number of fused-ring (bicyclic) bond motifs is 1. The molecule has 1 aromatic carbocycles. The molecule has 1 aliphatic rings. The highest BCUT2D eigenvalue weighted by atomic mass is 16.3. The summed E-state index contributed by atoms with van der Waals surface area (Å²) in [6.45, 7) is 1.14. The normalized spacial score (nSPS) is 16.1. The van der Waals surface area contributed by atoms with Crippen molar-refractivity contribution in [2.75, 3.05) is 18.5 Å². The van der Waals surface area contributed by atoms with E-state index in [1.54, 1.807) is 0 Å². The fraction of sp³-hybridized carbons (Fsp3) is 0.455. The van der Waals surface area contributed by atoms with Crippen LogP contribution in [0.2, 0.25) is 0 Å². The summed E-state index contributed by atoms with van der Waals surface area (Å²) in [5.74, 6) is 0. The molecule has 4 N–H and O–H groups in total. The van der Waals surface area contributed by atoms with Crippen LogP contribution in [-0.2, 0) is 6.42 Å². The first-order valence-corrected chi connectivity index (χ1v) is 5.05. The third-order valence-electron chi connectivity index (χ3n) is 2.72. The summed E-state index contributed by atoms with van der Waals surface area (Å²) in [6.07, 6.45) is 1.70. The van der Waals surface area contributed by atoms with E-state index in [0.717, 1.165) is 18.5 Å². The molecular formula is C11H16N2O. The van der Waals surface area contributed by atoms with Crippen molar-refractivity contribution < 1.29 is 5.11 Å². The molecule has 76 valence electrons. The molecule has 0 bridgehead atoms. The van der Waals surface area contributed by atoms with Crippen LogP contribution in [0.25, 0.3) is 0 Å². The van der Waals surface area contributed by atoms with Crippen LogP contribution in [0.1, 0.15) is 23.6 Å². The molecule has 1 atom stereocenters. The van der Waals surface area contributed by atoms with Crippen molar-refractivity contribution in [2.45, 2.75) is 18.9 Å². The maximum atomic E-state index is 8.85. The van der Waals surface area contributed by atoms with E-state index < -0.39 is 0 Å². The Morgan fingerprint density at radius 2 is 2.36 bits per heavy atom. The van der Waals surface area contributed by atoms with Crippen molar-refractivity contribution in [3.63, 3.8) is 0 Å². The predicted molar refractivity (Wildman–Crippen MR) is 57.3 cm³/mol. The van der Waals surface area contributed by atoms with Gasteiger partial charge in [0, 0.05) is 24.9 Å². The third-order valence-corrected chi connectivity index (χ3v) is 2.72. The molecule has 1 heterocycles. The standard InChI is InChI=1S/C11H16N2O/c12-10(5-7-14)9-3-1-2-8-4-6-13-11(8)9/h1-3,10,13-14H,4-7,12H2/t10-/m1/s1. The lowest BCUT2D eigenvalue weighted by molar-refractivity contribution is 0.276. The Morgan fingerprint density at radius 1 is 1.50 bits per heavy atom. The topological polar surface area (TPSA) is 58.3 Å². The number of aliphatic hydroxyl groups is 1. The second-order valence-electron chi connectivity index (χ2n) is 3.68. The summed E-state index contributed by atoms with van der Waals surface area (Å²) in [5, 5.41) is 12.2. The Kier molecular flexibility index (Phi) is 2.70. The Bertz CT molecular complexity index is 325. The molecule has 1 aromatic rings. The van der Waals surface area contributed by atoms with E-state index in [-0.39, 0.29) is 12.6 Å². The molecule has 2 rings (SSSR count). The molecule has 0 aromatic heterocycles. The van der Waals surface area contributed by atoms with Gasteiger partial charge >= 0.3 is 0 Å². The van der Waals surface area contributed by atoms with Gasteiger partial charge in [-0.25, -0.2) is 0 Å². The van der Waals surface area contributed by atoms with Gasteiger partial charge in [-0.15, -0.1) is 0 Å². The molecule has 0 radical (unpaired) electrons. The van der Waals surface area contributed by atoms with Crippen molar-refractivity contribution in [3.05, 3.63) is 29.3 Å². The van der Waals surface area contributed by atoms with Crippen LogP contribution in [0.5, 0.6) is 0 Å². The molecule has 0 amide bonds. The first kappa shape index (κ1) is 9.49. The summed E-state index contributed by atoms with van der Waals surface area (Å²) in [4.78, 5) is 0. The summed E-state index contributed by atoms with van der Waals surface area (Å²) < 4.78 is 0. The lowest BCUT2D eigenvalue weighted by Gasteiger charge is -2.14. The molecule has 0 saturated heterocycles. The zero-order valence-corrected chi connectivity index (χ0v) is 8.16. The molecular weight excluding hydrogens is 176 g/mol. The number of nitrogens with one attached hydrogen (secondary N) is 1. The van der Waals surface area contributed by atoms with Crippen LogP contribution in [0.3, 0.4) is 0 Å². The lowest BCUT2D eigenvalue weighted by Crippen LogP contribution is -2.13. The summed E-state index contributed by atoms with van der Waals surface area (Å²) in [5.41, 5.74) is 9.64. The van der Waals surface area contributed by atoms with Gasteiger partial charge in [-0.2, -0.15) is 0 Å². The molecule has 0 saturated carbocycles. The maximum Gasteiger partial charge on any atom is 0.0449 e.